The van der Waals surface area contributed by atoms with Crippen LogP contribution in [0.1, 0.15) is 50.7 Å². The lowest BCUT2D eigenvalue weighted by Gasteiger charge is -2.39. The zero-order chi connectivity index (χ0) is 20.3. The van der Waals surface area contributed by atoms with Crippen molar-refractivity contribution in [3.8, 4) is 0 Å². The quantitative estimate of drug-likeness (QED) is 0.769. The molecular formula is C23H36ClN3O. The minimum atomic E-state index is -0.138. The number of hydrogen-bond donors (Lipinski definition) is 1. The van der Waals surface area contributed by atoms with Gasteiger partial charge in [-0.25, -0.2) is 0 Å². The van der Waals surface area contributed by atoms with Gasteiger partial charge in [0.2, 0.25) is 5.91 Å². The summed E-state index contributed by atoms with van der Waals surface area (Å²) in [7, 11) is 0. The fraction of sp³-hybridized carbons (Fsp3) is 0.696. The van der Waals surface area contributed by atoms with Gasteiger partial charge >= 0.3 is 0 Å². The summed E-state index contributed by atoms with van der Waals surface area (Å²) >= 11 is 6.38. The summed E-state index contributed by atoms with van der Waals surface area (Å²) in [4.78, 5) is 17.9. The molecule has 0 spiro atoms. The molecule has 156 valence electrons. The van der Waals surface area contributed by atoms with Crippen molar-refractivity contribution in [1.82, 2.24) is 9.80 Å². The van der Waals surface area contributed by atoms with E-state index in [2.05, 4.69) is 28.1 Å². The number of halogens is 1. The van der Waals surface area contributed by atoms with Crippen molar-refractivity contribution in [2.45, 2.75) is 59.4 Å². The number of aryl methyl sites for hydroxylation is 2. The van der Waals surface area contributed by atoms with Crippen molar-refractivity contribution < 1.29 is 4.79 Å². The average Bonchev–Trinajstić information content (AvgIpc) is 2.66. The fourth-order valence-corrected chi connectivity index (χ4v) is 5.04. The summed E-state index contributed by atoms with van der Waals surface area (Å²) < 4.78 is 0. The van der Waals surface area contributed by atoms with E-state index in [-0.39, 0.29) is 11.9 Å². The summed E-state index contributed by atoms with van der Waals surface area (Å²) in [5.74, 6) is 1.59. The van der Waals surface area contributed by atoms with Crippen LogP contribution in [0.25, 0.3) is 0 Å². The van der Waals surface area contributed by atoms with Gasteiger partial charge in [0.05, 0.1) is 16.8 Å². The van der Waals surface area contributed by atoms with E-state index in [9.17, 15) is 4.79 Å². The molecule has 0 saturated carbocycles. The van der Waals surface area contributed by atoms with Gasteiger partial charge < -0.3 is 10.2 Å². The summed E-state index contributed by atoms with van der Waals surface area (Å²) in [6, 6.07) is 3.83. The number of nitrogens with one attached hydrogen (secondary N) is 1. The summed E-state index contributed by atoms with van der Waals surface area (Å²) in [5, 5.41) is 3.70. The van der Waals surface area contributed by atoms with E-state index >= 15 is 0 Å². The Labute approximate surface area is 175 Å². The summed E-state index contributed by atoms with van der Waals surface area (Å²) in [5.41, 5.74) is 2.88. The molecule has 2 aliphatic rings. The lowest BCUT2D eigenvalue weighted by atomic mass is 9.93. The number of anilines is 1. The van der Waals surface area contributed by atoms with Gasteiger partial charge in [0.1, 0.15) is 0 Å². The number of piperidine rings is 2. The van der Waals surface area contributed by atoms with Crippen molar-refractivity contribution in [2.75, 3.05) is 38.0 Å². The second kappa shape index (κ2) is 9.60. The molecule has 2 saturated heterocycles. The van der Waals surface area contributed by atoms with Gasteiger partial charge in [0.25, 0.3) is 0 Å². The van der Waals surface area contributed by atoms with E-state index < -0.39 is 0 Å². The maximum absolute atomic E-state index is 12.9. The normalized spacial score (nSPS) is 23.5. The van der Waals surface area contributed by atoms with Gasteiger partial charge in [-0.1, -0.05) is 24.6 Å². The Balaban J connectivity index is 1.56. The van der Waals surface area contributed by atoms with Crippen molar-refractivity contribution in [3.05, 3.63) is 28.3 Å². The lowest BCUT2D eigenvalue weighted by Crippen LogP contribution is -2.49. The fourth-order valence-electron chi connectivity index (χ4n) is 4.68. The predicted octanol–water partition coefficient (Wildman–Crippen LogP) is 4.73. The first kappa shape index (κ1) is 21.6. The van der Waals surface area contributed by atoms with Gasteiger partial charge in [0.15, 0.2) is 0 Å². The van der Waals surface area contributed by atoms with E-state index in [1.807, 2.05) is 26.8 Å². The predicted molar refractivity (Wildman–Crippen MR) is 118 cm³/mol. The van der Waals surface area contributed by atoms with Crippen molar-refractivity contribution in [2.24, 2.45) is 11.8 Å². The lowest BCUT2D eigenvalue weighted by molar-refractivity contribution is -0.121. The molecule has 3 rings (SSSR count). The maximum atomic E-state index is 12.9. The molecule has 1 N–H and O–H groups in total. The molecule has 1 aromatic rings. The van der Waals surface area contributed by atoms with Crippen LogP contribution in [0.3, 0.4) is 0 Å². The zero-order valence-corrected chi connectivity index (χ0v) is 18.7. The summed E-state index contributed by atoms with van der Waals surface area (Å²) in [6.45, 7) is 14.1. The molecule has 1 amide bonds. The average molecular weight is 406 g/mol. The second-order valence-corrected chi connectivity index (χ2v) is 9.50. The number of nitrogens with zero attached hydrogens (tertiary/aromatic N) is 2. The number of carbonyl (C=O) groups is 1. The number of hydrogen-bond acceptors (Lipinski definition) is 3. The van der Waals surface area contributed by atoms with Crippen LogP contribution in [0.15, 0.2) is 12.1 Å². The Bertz CT molecular complexity index is 661. The third kappa shape index (κ3) is 5.49. The third-order valence-corrected chi connectivity index (χ3v) is 6.85. The Hall–Kier alpha value is -1.10. The first-order chi connectivity index (χ1) is 13.3. The second-order valence-electron chi connectivity index (χ2n) is 9.09. The summed E-state index contributed by atoms with van der Waals surface area (Å²) in [6.07, 6.45) is 5.11. The molecule has 2 atom stereocenters. The van der Waals surface area contributed by atoms with E-state index in [4.69, 9.17) is 11.6 Å². The monoisotopic (exact) mass is 405 g/mol. The maximum Gasteiger partial charge on any atom is 0.241 e. The molecule has 28 heavy (non-hydrogen) atoms. The first-order valence-electron chi connectivity index (χ1n) is 10.9. The standard InChI is InChI=1S/C23H36ClN3O/c1-16-7-10-26(11-8-16)14-20-6-5-9-27(15-20)19(4)23(28)25-22-18(3)12-17(2)13-21(22)24/h12-13,16,19-20H,5-11,14-15H2,1-4H3,(H,25,28). The van der Waals surface area contributed by atoms with E-state index in [1.54, 1.807) is 0 Å². The van der Waals surface area contributed by atoms with Gasteiger partial charge in [0, 0.05) is 13.1 Å². The molecule has 2 heterocycles. The number of likely N-dealkylation sites (tertiary alicyclic amines) is 2. The molecule has 2 fully saturated rings. The Morgan fingerprint density at radius 2 is 1.93 bits per heavy atom. The Morgan fingerprint density at radius 3 is 2.61 bits per heavy atom. The highest BCUT2D eigenvalue weighted by Crippen LogP contribution is 2.28. The van der Waals surface area contributed by atoms with Crippen LogP contribution < -0.4 is 5.32 Å². The van der Waals surface area contributed by atoms with Gasteiger partial charge in [-0.3, -0.25) is 9.69 Å². The molecule has 4 nitrogen and oxygen atoms in total. The number of carbonyl (C=O) groups excluding carboxylic acids is 1. The minimum Gasteiger partial charge on any atom is -0.323 e. The number of amides is 1. The van der Waals surface area contributed by atoms with Crippen LogP contribution in [-0.2, 0) is 4.79 Å². The van der Waals surface area contributed by atoms with Crippen LogP contribution in [0.2, 0.25) is 5.02 Å². The van der Waals surface area contributed by atoms with Crippen LogP contribution in [0.4, 0.5) is 5.69 Å². The van der Waals surface area contributed by atoms with E-state index in [1.165, 1.54) is 45.3 Å². The first-order valence-corrected chi connectivity index (χ1v) is 11.2. The Morgan fingerprint density at radius 1 is 1.21 bits per heavy atom. The zero-order valence-electron chi connectivity index (χ0n) is 17.9. The molecule has 2 unspecified atom stereocenters. The highest BCUT2D eigenvalue weighted by Gasteiger charge is 2.29. The molecule has 0 radical (unpaired) electrons. The van der Waals surface area contributed by atoms with E-state index in [0.29, 0.717) is 10.9 Å². The van der Waals surface area contributed by atoms with Crippen LogP contribution in [0, 0.1) is 25.7 Å². The largest absolute Gasteiger partial charge is 0.323 e. The third-order valence-electron chi connectivity index (χ3n) is 6.55. The van der Waals surface area contributed by atoms with Gasteiger partial charge in [-0.2, -0.15) is 0 Å². The molecule has 0 aromatic heterocycles. The smallest absolute Gasteiger partial charge is 0.241 e. The molecule has 0 bridgehead atoms. The van der Waals surface area contributed by atoms with Crippen LogP contribution in [-0.4, -0.2) is 54.5 Å². The highest BCUT2D eigenvalue weighted by atomic mass is 35.5. The minimum absolute atomic E-state index is 0.0429. The molecule has 2 aliphatic heterocycles. The Kier molecular flexibility index (Phi) is 7.41. The molecule has 5 heteroatoms. The highest BCUT2D eigenvalue weighted by molar-refractivity contribution is 6.34. The molecular weight excluding hydrogens is 370 g/mol. The van der Waals surface area contributed by atoms with Gasteiger partial charge in [-0.05, 0) is 95.1 Å². The van der Waals surface area contributed by atoms with Crippen LogP contribution >= 0.6 is 11.6 Å². The van der Waals surface area contributed by atoms with Gasteiger partial charge in [-0.15, -0.1) is 0 Å². The number of benzene rings is 1. The topological polar surface area (TPSA) is 35.6 Å². The van der Waals surface area contributed by atoms with Crippen molar-refractivity contribution in [1.29, 1.82) is 0 Å². The van der Waals surface area contributed by atoms with Crippen molar-refractivity contribution >= 4 is 23.2 Å². The molecule has 0 aliphatic carbocycles. The number of rotatable bonds is 5. The van der Waals surface area contributed by atoms with Crippen molar-refractivity contribution in [3.63, 3.8) is 0 Å². The van der Waals surface area contributed by atoms with Crippen LogP contribution in [0.5, 0.6) is 0 Å². The molecule has 1 aromatic carbocycles. The SMILES string of the molecule is Cc1cc(C)c(NC(=O)C(C)N2CCCC(CN3CCC(C)CC3)C2)c(Cl)c1. The van der Waals surface area contributed by atoms with E-state index in [0.717, 1.165) is 35.8 Å².